The summed E-state index contributed by atoms with van der Waals surface area (Å²) >= 11 is 0. The summed E-state index contributed by atoms with van der Waals surface area (Å²) in [6, 6.07) is -1.16. The van der Waals surface area contributed by atoms with Gasteiger partial charge in [0, 0.05) is 0 Å². The Balaban J connectivity index is 3.95. The quantitative estimate of drug-likeness (QED) is 0.215. The van der Waals surface area contributed by atoms with Gasteiger partial charge in [0.05, 0.1) is 0 Å². The molecular formula is C7H14N2O4. The lowest BCUT2D eigenvalue weighted by Crippen LogP contribution is -2.38. The molecule has 0 saturated heterocycles. The van der Waals surface area contributed by atoms with Crippen LogP contribution in [0.2, 0.25) is 0 Å². The molecule has 76 valence electrons. The van der Waals surface area contributed by atoms with Gasteiger partial charge in [-0.1, -0.05) is 0 Å². The van der Waals surface area contributed by atoms with E-state index in [4.69, 9.17) is 16.0 Å². The van der Waals surface area contributed by atoms with Gasteiger partial charge < -0.3 is 10.8 Å². The Morgan fingerprint density at radius 2 is 2.15 bits per heavy atom. The SMILES string of the molecule is NCCCCC(C(=O)O)N(O)C=O. The van der Waals surface area contributed by atoms with Gasteiger partial charge in [0.25, 0.3) is 0 Å². The largest absolute Gasteiger partial charge is 0.480 e. The van der Waals surface area contributed by atoms with Crippen molar-refractivity contribution >= 4 is 12.4 Å². The number of nitrogens with zero attached hydrogens (tertiary/aromatic N) is 1. The lowest BCUT2D eigenvalue weighted by Gasteiger charge is -2.17. The second-order valence-corrected chi connectivity index (χ2v) is 2.62. The van der Waals surface area contributed by atoms with E-state index in [1.807, 2.05) is 0 Å². The molecule has 0 spiro atoms. The van der Waals surface area contributed by atoms with Crippen LogP contribution < -0.4 is 5.73 Å². The molecule has 0 bridgehead atoms. The zero-order valence-corrected chi connectivity index (χ0v) is 7.22. The average molecular weight is 190 g/mol. The van der Waals surface area contributed by atoms with E-state index in [9.17, 15) is 9.59 Å². The number of unbranched alkanes of at least 4 members (excludes halogenated alkanes) is 1. The van der Waals surface area contributed by atoms with E-state index in [0.29, 0.717) is 19.4 Å². The first-order valence-corrected chi connectivity index (χ1v) is 3.99. The van der Waals surface area contributed by atoms with Gasteiger partial charge in [0.1, 0.15) is 0 Å². The number of carboxylic acids is 1. The lowest BCUT2D eigenvalue weighted by molar-refractivity contribution is -0.176. The molecule has 0 heterocycles. The normalized spacial score (nSPS) is 12.2. The fourth-order valence-electron chi connectivity index (χ4n) is 0.924. The zero-order valence-electron chi connectivity index (χ0n) is 7.22. The molecule has 0 fully saturated rings. The maximum atomic E-state index is 10.5. The van der Waals surface area contributed by atoms with Crippen LogP contribution in [0.3, 0.4) is 0 Å². The van der Waals surface area contributed by atoms with Crippen LogP contribution in [0.15, 0.2) is 0 Å². The first kappa shape index (κ1) is 11.9. The van der Waals surface area contributed by atoms with E-state index in [0.717, 1.165) is 0 Å². The number of nitrogens with two attached hydrogens (primary N) is 1. The molecule has 0 aliphatic rings. The molecule has 0 aromatic rings. The van der Waals surface area contributed by atoms with Gasteiger partial charge in [-0.25, -0.2) is 9.86 Å². The van der Waals surface area contributed by atoms with Crippen molar-refractivity contribution in [2.45, 2.75) is 25.3 Å². The van der Waals surface area contributed by atoms with Crippen molar-refractivity contribution < 1.29 is 19.9 Å². The molecule has 0 radical (unpaired) electrons. The van der Waals surface area contributed by atoms with Crippen molar-refractivity contribution in [2.24, 2.45) is 5.73 Å². The Morgan fingerprint density at radius 1 is 1.54 bits per heavy atom. The molecule has 0 rings (SSSR count). The number of amides is 1. The van der Waals surface area contributed by atoms with Gasteiger partial charge in [0.15, 0.2) is 6.04 Å². The highest BCUT2D eigenvalue weighted by atomic mass is 16.5. The second-order valence-electron chi connectivity index (χ2n) is 2.62. The second kappa shape index (κ2) is 6.38. The molecule has 6 heteroatoms. The van der Waals surface area contributed by atoms with Crippen LogP contribution in [-0.2, 0) is 9.59 Å². The molecule has 13 heavy (non-hydrogen) atoms. The predicted octanol–water partition coefficient (Wildman–Crippen LogP) is -0.584. The van der Waals surface area contributed by atoms with E-state index >= 15 is 0 Å². The van der Waals surface area contributed by atoms with Crippen molar-refractivity contribution in [2.75, 3.05) is 6.54 Å². The smallest absolute Gasteiger partial charge is 0.329 e. The third-order valence-corrected chi connectivity index (χ3v) is 1.64. The van der Waals surface area contributed by atoms with Crippen molar-refractivity contribution in [1.29, 1.82) is 0 Å². The van der Waals surface area contributed by atoms with Crippen molar-refractivity contribution in [3.8, 4) is 0 Å². The van der Waals surface area contributed by atoms with Crippen molar-refractivity contribution in [3.63, 3.8) is 0 Å². The minimum atomic E-state index is -1.22. The van der Waals surface area contributed by atoms with Crippen molar-refractivity contribution in [3.05, 3.63) is 0 Å². The minimum Gasteiger partial charge on any atom is -0.480 e. The van der Waals surface area contributed by atoms with E-state index in [1.165, 1.54) is 0 Å². The van der Waals surface area contributed by atoms with Crippen LogP contribution in [0.25, 0.3) is 0 Å². The molecule has 6 nitrogen and oxygen atoms in total. The fourth-order valence-corrected chi connectivity index (χ4v) is 0.924. The number of aliphatic carboxylic acids is 1. The van der Waals surface area contributed by atoms with E-state index < -0.39 is 12.0 Å². The van der Waals surface area contributed by atoms with Crippen LogP contribution in [-0.4, -0.2) is 40.3 Å². The van der Waals surface area contributed by atoms with E-state index in [1.54, 1.807) is 0 Å². The predicted molar refractivity (Wildman–Crippen MR) is 44.0 cm³/mol. The van der Waals surface area contributed by atoms with Gasteiger partial charge in [0.2, 0.25) is 6.41 Å². The Morgan fingerprint density at radius 3 is 2.54 bits per heavy atom. The third kappa shape index (κ3) is 4.44. The van der Waals surface area contributed by atoms with Crippen LogP contribution in [0.4, 0.5) is 0 Å². The molecule has 0 saturated carbocycles. The van der Waals surface area contributed by atoms with E-state index in [2.05, 4.69) is 0 Å². The number of hydrogen-bond acceptors (Lipinski definition) is 4. The molecule has 0 aliphatic carbocycles. The molecule has 1 amide bonds. The molecule has 0 aliphatic heterocycles. The fraction of sp³-hybridized carbons (Fsp3) is 0.714. The number of hydrogen-bond donors (Lipinski definition) is 3. The van der Waals surface area contributed by atoms with Crippen LogP contribution in [0.1, 0.15) is 19.3 Å². The van der Waals surface area contributed by atoms with Crippen LogP contribution in [0.5, 0.6) is 0 Å². The van der Waals surface area contributed by atoms with E-state index in [-0.39, 0.29) is 17.9 Å². The summed E-state index contributed by atoms with van der Waals surface area (Å²) in [4.78, 5) is 20.6. The summed E-state index contributed by atoms with van der Waals surface area (Å²) in [7, 11) is 0. The van der Waals surface area contributed by atoms with Gasteiger partial charge >= 0.3 is 5.97 Å². The third-order valence-electron chi connectivity index (χ3n) is 1.64. The molecule has 0 aromatic heterocycles. The summed E-state index contributed by atoms with van der Waals surface area (Å²) in [5.41, 5.74) is 5.21. The number of carbonyl (C=O) groups excluding carboxylic acids is 1. The topological polar surface area (TPSA) is 104 Å². The van der Waals surface area contributed by atoms with Gasteiger partial charge in [-0.15, -0.1) is 0 Å². The highest BCUT2D eigenvalue weighted by molar-refractivity contribution is 5.75. The summed E-state index contributed by atoms with van der Waals surface area (Å²) in [6.07, 6.45) is 1.54. The van der Waals surface area contributed by atoms with Gasteiger partial charge in [-0.2, -0.15) is 0 Å². The summed E-state index contributed by atoms with van der Waals surface area (Å²) in [5, 5.41) is 17.6. The number of rotatable bonds is 7. The first-order chi connectivity index (χ1) is 6.13. The zero-order chi connectivity index (χ0) is 10.3. The molecule has 1 atom stereocenters. The maximum absolute atomic E-state index is 10.5. The number of carboxylic acid groups (broad SMARTS) is 1. The van der Waals surface area contributed by atoms with Gasteiger partial charge in [-0.3, -0.25) is 10.0 Å². The first-order valence-electron chi connectivity index (χ1n) is 3.99. The standard InChI is InChI=1S/C7H14N2O4/c8-4-2-1-3-6(7(11)12)9(13)5-10/h5-6,13H,1-4,8H2,(H,11,12). The Kier molecular flexibility index (Phi) is 5.82. The Labute approximate surface area is 75.9 Å². The summed E-state index contributed by atoms with van der Waals surface area (Å²) < 4.78 is 0. The maximum Gasteiger partial charge on any atom is 0.329 e. The Hall–Kier alpha value is -1.14. The molecular weight excluding hydrogens is 176 g/mol. The molecule has 1 unspecified atom stereocenters. The summed E-state index contributed by atoms with van der Waals surface area (Å²) in [5.74, 6) is -1.22. The highest BCUT2D eigenvalue weighted by Crippen LogP contribution is 2.05. The van der Waals surface area contributed by atoms with Gasteiger partial charge in [-0.05, 0) is 25.8 Å². The average Bonchev–Trinajstić information content (AvgIpc) is 2.11. The number of carbonyl (C=O) groups is 2. The summed E-state index contributed by atoms with van der Waals surface area (Å²) in [6.45, 7) is 0.471. The van der Waals surface area contributed by atoms with Crippen LogP contribution in [0, 0.1) is 0 Å². The molecule has 4 N–H and O–H groups in total. The van der Waals surface area contributed by atoms with Crippen molar-refractivity contribution in [1.82, 2.24) is 5.06 Å². The monoisotopic (exact) mass is 190 g/mol. The number of hydroxylamine groups is 2. The Bertz CT molecular complexity index is 174. The minimum absolute atomic E-state index is 0.0846. The van der Waals surface area contributed by atoms with Crippen LogP contribution >= 0.6 is 0 Å². The highest BCUT2D eigenvalue weighted by Gasteiger charge is 2.22. The molecule has 0 aromatic carbocycles. The lowest BCUT2D eigenvalue weighted by atomic mass is 10.1.